The number of aliphatic hydroxyl groups excluding tert-OH is 1. The lowest BCUT2D eigenvalue weighted by molar-refractivity contribution is -0.206. The topological polar surface area (TPSA) is 75.3 Å². The molecule has 1 unspecified atom stereocenters. The molecule has 0 saturated carbocycles. The third-order valence-electron chi connectivity index (χ3n) is 4.74. The maximum absolute atomic E-state index is 12.9. The molecule has 0 spiro atoms. The summed E-state index contributed by atoms with van der Waals surface area (Å²) in [5.41, 5.74) is 3.60. The number of nitrogens with zero attached hydrogens (tertiary/aromatic N) is 4. The second-order valence-electron chi connectivity index (χ2n) is 6.91. The van der Waals surface area contributed by atoms with Gasteiger partial charge in [0.2, 0.25) is 0 Å². The van der Waals surface area contributed by atoms with Gasteiger partial charge in [-0.3, -0.25) is 4.98 Å². The van der Waals surface area contributed by atoms with Crippen molar-refractivity contribution < 1.29 is 22.9 Å². The predicted octanol–water partition coefficient (Wildman–Crippen LogP) is 4.52. The van der Waals surface area contributed by atoms with Crippen molar-refractivity contribution in [3.05, 3.63) is 72.1 Å². The highest BCUT2D eigenvalue weighted by atomic mass is 19.4. The van der Waals surface area contributed by atoms with Crippen LogP contribution in [0.5, 0.6) is 0 Å². The lowest BCUT2D eigenvalue weighted by atomic mass is 9.99. The minimum absolute atomic E-state index is 0.233. The lowest BCUT2D eigenvalue weighted by Crippen LogP contribution is -2.20. The van der Waals surface area contributed by atoms with E-state index in [1.165, 1.54) is 18.2 Å². The van der Waals surface area contributed by atoms with E-state index in [4.69, 9.17) is 4.63 Å². The Morgan fingerprint density at radius 2 is 1.90 bits per heavy atom. The highest BCUT2D eigenvalue weighted by molar-refractivity contribution is 5.92. The molecule has 9 heteroatoms. The largest absolute Gasteiger partial charge is 0.418 e. The molecule has 0 aliphatic heterocycles. The van der Waals surface area contributed by atoms with Crippen molar-refractivity contribution in [2.45, 2.75) is 18.8 Å². The maximum Gasteiger partial charge on any atom is 0.418 e. The van der Waals surface area contributed by atoms with Crippen LogP contribution in [-0.2, 0) is 6.54 Å². The monoisotopic (exact) mass is 414 g/mol. The lowest BCUT2D eigenvalue weighted by Gasteiger charge is -2.20. The van der Waals surface area contributed by atoms with E-state index < -0.39 is 12.3 Å². The smallest absolute Gasteiger partial charge is 0.379 e. The fraction of sp³-hybridized carbons (Fsp3) is 0.190. The number of hydrogen-bond acceptors (Lipinski definition) is 6. The van der Waals surface area contributed by atoms with E-state index in [9.17, 15) is 18.3 Å². The predicted molar refractivity (Wildman–Crippen MR) is 105 cm³/mol. The molecule has 4 aromatic rings. The Hall–Kier alpha value is -3.46. The Morgan fingerprint density at radius 1 is 1.07 bits per heavy atom. The van der Waals surface area contributed by atoms with Gasteiger partial charge >= 0.3 is 6.18 Å². The summed E-state index contributed by atoms with van der Waals surface area (Å²) in [5.74, 6) is 0. The zero-order chi connectivity index (χ0) is 21.3. The van der Waals surface area contributed by atoms with E-state index in [0.29, 0.717) is 34.4 Å². The van der Waals surface area contributed by atoms with Crippen molar-refractivity contribution in [2.24, 2.45) is 0 Å². The molecule has 1 N–H and O–H groups in total. The Bertz CT molecular complexity index is 1160. The van der Waals surface area contributed by atoms with Crippen LogP contribution < -0.4 is 4.90 Å². The summed E-state index contributed by atoms with van der Waals surface area (Å²) in [6, 6.07) is 13.0. The van der Waals surface area contributed by atoms with E-state index in [2.05, 4.69) is 15.3 Å². The van der Waals surface area contributed by atoms with Crippen LogP contribution >= 0.6 is 0 Å². The molecular formula is C21H17F3N4O2. The summed E-state index contributed by atoms with van der Waals surface area (Å²) in [7, 11) is 1.87. The number of benzene rings is 2. The molecule has 0 fully saturated rings. The maximum atomic E-state index is 12.9. The van der Waals surface area contributed by atoms with Gasteiger partial charge in [-0.05, 0) is 56.8 Å². The van der Waals surface area contributed by atoms with E-state index in [1.54, 1.807) is 24.5 Å². The Balaban J connectivity index is 1.74. The number of aliphatic hydroxyl groups is 1. The van der Waals surface area contributed by atoms with Crippen LogP contribution in [0.4, 0.5) is 18.9 Å². The first-order valence-corrected chi connectivity index (χ1v) is 9.04. The number of halogens is 3. The van der Waals surface area contributed by atoms with Crippen LogP contribution in [0.3, 0.4) is 0 Å². The number of pyridine rings is 1. The Labute approximate surface area is 169 Å². The molecule has 0 saturated heterocycles. The molecule has 0 radical (unpaired) electrons. The first kappa shape index (κ1) is 19.8. The van der Waals surface area contributed by atoms with Crippen LogP contribution in [0.15, 0.2) is 65.6 Å². The van der Waals surface area contributed by atoms with Gasteiger partial charge in [0, 0.05) is 26.0 Å². The number of aromatic nitrogens is 3. The molecular weight excluding hydrogens is 397 g/mol. The first-order chi connectivity index (χ1) is 14.3. The molecule has 2 aromatic carbocycles. The molecule has 0 aliphatic carbocycles. The molecule has 4 rings (SSSR count). The summed E-state index contributed by atoms with van der Waals surface area (Å²) in [6.45, 7) is 0.534. The van der Waals surface area contributed by atoms with Gasteiger partial charge in [-0.2, -0.15) is 13.2 Å². The molecule has 2 aromatic heterocycles. The van der Waals surface area contributed by atoms with E-state index in [-0.39, 0.29) is 5.56 Å². The normalized spacial score (nSPS) is 12.8. The molecule has 6 nitrogen and oxygen atoms in total. The van der Waals surface area contributed by atoms with Gasteiger partial charge in [-0.25, -0.2) is 4.63 Å². The van der Waals surface area contributed by atoms with E-state index in [0.717, 1.165) is 5.56 Å². The van der Waals surface area contributed by atoms with Gasteiger partial charge in [0.25, 0.3) is 0 Å². The minimum Gasteiger partial charge on any atom is -0.379 e. The summed E-state index contributed by atoms with van der Waals surface area (Å²) in [4.78, 5) is 6.04. The van der Waals surface area contributed by atoms with Crippen molar-refractivity contribution >= 4 is 16.7 Å². The number of hydrogen-bond donors (Lipinski definition) is 1. The first-order valence-electron chi connectivity index (χ1n) is 9.04. The zero-order valence-electron chi connectivity index (χ0n) is 15.8. The molecule has 0 aliphatic rings. The van der Waals surface area contributed by atoms with Crippen LogP contribution in [-0.4, -0.2) is 33.6 Å². The molecule has 0 bridgehead atoms. The third kappa shape index (κ3) is 3.97. The fourth-order valence-corrected chi connectivity index (χ4v) is 3.26. The zero-order valence-corrected chi connectivity index (χ0v) is 15.8. The molecule has 1 atom stereocenters. The van der Waals surface area contributed by atoms with Crippen LogP contribution in [0.25, 0.3) is 22.2 Å². The summed E-state index contributed by atoms with van der Waals surface area (Å²) >= 11 is 0. The summed E-state index contributed by atoms with van der Waals surface area (Å²) in [6.07, 6.45) is -3.86. The molecule has 154 valence electrons. The number of fused-ring (bicyclic) bond motifs is 1. The van der Waals surface area contributed by atoms with Crippen molar-refractivity contribution in [2.75, 3.05) is 11.9 Å². The Kier molecular flexibility index (Phi) is 5.13. The second kappa shape index (κ2) is 7.75. The van der Waals surface area contributed by atoms with Crippen molar-refractivity contribution in [1.82, 2.24) is 15.3 Å². The van der Waals surface area contributed by atoms with Crippen molar-refractivity contribution in [3.63, 3.8) is 0 Å². The van der Waals surface area contributed by atoms with Gasteiger partial charge in [0.05, 0.1) is 5.69 Å². The number of rotatable bonds is 5. The molecule has 2 heterocycles. The van der Waals surface area contributed by atoms with Gasteiger partial charge in [0.15, 0.2) is 11.6 Å². The van der Waals surface area contributed by atoms with E-state index in [1.807, 2.05) is 30.1 Å². The SMILES string of the molecule is CN(Cc1cccnc1)c1cc(-c2cccc(C(O)C(F)(F)F)c2)cc2nonc12. The number of alkyl halides is 3. The van der Waals surface area contributed by atoms with E-state index >= 15 is 0 Å². The fourth-order valence-electron chi connectivity index (χ4n) is 3.26. The minimum atomic E-state index is -4.74. The third-order valence-corrected chi connectivity index (χ3v) is 4.74. The van der Waals surface area contributed by atoms with Crippen LogP contribution in [0.1, 0.15) is 17.2 Å². The van der Waals surface area contributed by atoms with Gasteiger partial charge < -0.3 is 10.0 Å². The van der Waals surface area contributed by atoms with Crippen molar-refractivity contribution in [1.29, 1.82) is 0 Å². The second-order valence-corrected chi connectivity index (χ2v) is 6.91. The van der Waals surface area contributed by atoms with Crippen LogP contribution in [0, 0.1) is 0 Å². The van der Waals surface area contributed by atoms with Gasteiger partial charge in [-0.15, -0.1) is 0 Å². The average Bonchev–Trinajstić information content (AvgIpc) is 3.21. The quantitative estimate of drug-likeness (QED) is 0.518. The molecule has 30 heavy (non-hydrogen) atoms. The van der Waals surface area contributed by atoms with Crippen molar-refractivity contribution in [3.8, 4) is 11.1 Å². The molecule has 0 amide bonds. The van der Waals surface area contributed by atoms with Gasteiger partial charge in [-0.1, -0.05) is 24.3 Å². The highest BCUT2D eigenvalue weighted by Crippen LogP contribution is 2.36. The summed E-state index contributed by atoms with van der Waals surface area (Å²) < 4.78 is 43.6. The Morgan fingerprint density at radius 3 is 2.63 bits per heavy atom. The van der Waals surface area contributed by atoms with Gasteiger partial charge in [0.1, 0.15) is 5.52 Å². The number of anilines is 1. The highest BCUT2D eigenvalue weighted by Gasteiger charge is 2.39. The average molecular weight is 414 g/mol. The summed E-state index contributed by atoms with van der Waals surface area (Å²) in [5, 5.41) is 17.5. The van der Waals surface area contributed by atoms with Crippen LogP contribution in [0.2, 0.25) is 0 Å². The standard InChI is InChI=1S/C21H17F3N4O2/c1-28(12-13-4-3-7-25-11-13)18-10-16(9-17-19(18)27-30-26-17)14-5-2-6-15(8-14)20(29)21(22,23)24/h2-11,20,29H,12H2,1H3.